The number of nitro groups is 1. The van der Waals surface area contributed by atoms with Crippen molar-refractivity contribution < 1.29 is 9.66 Å². The molecule has 0 unspecified atom stereocenters. The monoisotopic (exact) mass is 250 g/mol. The molecule has 0 spiro atoms. The minimum atomic E-state index is -0.368. The molecule has 18 heavy (non-hydrogen) atoms. The minimum absolute atomic E-state index is 0.114. The van der Waals surface area contributed by atoms with Crippen LogP contribution in [0.3, 0.4) is 0 Å². The third-order valence-electron chi connectivity index (χ3n) is 2.96. The highest BCUT2D eigenvalue weighted by atomic mass is 16.6. The Morgan fingerprint density at radius 3 is 2.94 bits per heavy atom. The molecule has 0 aliphatic heterocycles. The Morgan fingerprint density at radius 1 is 1.50 bits per heavy atom. The summed E-state index contributed by atoms with van der Waals surface area (Å²) in [7, 11) is 0. The van der Waals surface area contributed by atoms with Crippen molar-refractivity contribution in [3.8, 4) is 0 Å². The number of ether oxygens (including phenoxy) is 1. The molecule has 2 rings (SSSR count). The number of benzene rings is 1. The molecule has 1 N–H and O–H groups in total. The first-order valence-electron chi connectivity index (χ1n) is 6.23. The second-order valence-electron chi connectivity index (χ2n) is 4.72. The number of hydrogen-bond donors (Lipinski definition) is 1. The third kappa shape index (κ3) is 3.70. The molecule has 0 bridgehead atoms. The number of nitrogens with one attached hydrogen (secondary N) is 1. The highest BCUT2D eigenvalue weighted by Crippen LogP contribution is 2.28. The Labute approximate surface area is 106 Å². The quantitative estimate of drug-likeness (QED) is 0.459. The van der Waals surface area contributed by atoms with Gasteiger partial charge in [-0.1, -0.05) is 6.07 Å². The zero-order chi connectivity index (χ0) is 13.0. The number of hydrogen-bond acceptors (Lipinski definition) is 4. The van der Waals surface area contributed by atoms with E-state index in [0.717, 1.165) is 18.1 Å². The van der Waals surface area contributed by atoms with E-state index in [-0.39, 0.29) is 10.6 Å². The molecule has 1 fully saturated rings. The summed E-state index contributed by atoms with van der Waals surface area (Å²) in [5, 5.41) is 13.9. The van der Waals surface area contributed by atoms with Gasteiger partial charge in [0.05, 0.1) is 11.5 Å². The molecule has 5 heteroatoms. The highest BCUT2D eigenvalue weighted by Gasteiger charge is 2.21. The van der Waals surface area contributed by atoms with Gasteiger partial charge in [-0.05, 0) is 37.3 Å². The summed E-state index contributed by atoms with van der Waals surface area (Å²) in [4.78, 5) is 10.5. The summed E-state index contributed by atoms with van der Waals surface area (Å²) in [6.45, 7) is 3.91. The standard InChI is InChI=1S/C13H18N2O3/c1-10-2-5-13(15(16)17)12(8-10)14-6-7-18-9-11-3-4-11/h2,5,8,11,14H,3-4,6-7,9H2,1H3. The molecule has 1 aliphatic rings. The lowest BCUT2D eigenvalue weighted by Crippen LogP contribution is -2.11. The third-order valence-corrected chi connectivity index (χ3v) is 2.96. The Balaban J connectivity index is 1.82. The van der Waals surface area contributed by atoms with E-state index in [1.165, 1.54) is 18.9 Å². The molecule has 0 amide bonds. The van der Waals surface area contributed by atoms with Crippen LogP contribution in [0, 0.1) is 23.0 Å². The van der Waals surface area contributed by atoms with Crippen LogP contribution >= 0.6 is 0 Å². The smallest absolute Gasteiger partial charge is 0.292 e. The average Bonchev–Trinajstić information content (AvgIpc) is 3.12. The van der Waals surface area contributed by atoms with Gasteiger partial charge in [-0.2, -0.15) is 0 Å². The maximum Gasteiger partial charge on any atom is 0.292 e. The first-order valence-corrected chi connectivity index (χ1v) is 6.23. The molecule has 0 saturated heterocycles. The van der Waals surface area contributed by atoms with Crippen molar-refractivity contribution in [3.05, 3.63) is 33.9 Å². The van der Waals surface area contributed by atoms with E-state index in [2.05, 4.69) is 5.32 Å². The van der Waals surface area contributed by atoms with Gasteiger partial charge >= 0.3 is 0 Å². The van der Waals surface area contributed by atoms with Crippen LogP contribution in [-0.2, 0) is 4.74 Å². The van der Waals surface area contributed by atoms with Crippen LogP contribution in [0.15, 0.2) is 18.2 Å². The first kappa shape index (κ1) is 12.8. The molecule has 0 atom stereocenters. The lowest BCUT2D eigenvalue weighted by atomic mass is 10.2. The van der Waals surface area contributed by atoms with Gasteiger partial charge in [0.15, 0.2) is 0 Å². The van der Waals surface area contributed by atoms with Gasteiger partial charge in [-0.15, -0.1) is 0 Å². The lowest BCUT2D eigenvalue weighted by molar-refractivity contribution is -0.384. The molecule has 0 radical (unpaired) electrons. The van der Waals surface area contributed by atoms with E-state index in [4.69, 9.17) is 4.74 Å². The van der Waals surface area contributed by atoms with Crippen molar-refractivity contribution in [1.82, 2.24) is 0 Å². The van der Waals surface area contributed by atoms with Gasteiger partial charge in [0.25, 0.3) is 5.69 Å². The Morgan fingerprint density at radius 2 is 2.28 bits per heavy atom. The summed E-state index contributed by atoms with van der Waals surface area (Å²) in [6.07, 6.45) is 2.55. The fourth-order valence-corrected chi connectivity index (χ4v) is 1.74. The predicted molar refractivity (Wildman–Crippen MR) is 69.9 cm³/mol. The van der Waals surface area contributed by atoms with Crippen molar-refractivity contribution in [2.75, 3.05) is 25.1 Å². The summed E-state index contributed by atoms with van der Waals surface area (Å²) < 4.78 is 5.48. The van der Waals surface area contributed by atoms with E-state index in [1.807, 2.05) is 6.92 Å². The SMILES string of the molecule is Cc1ccc([N+](=O)[O-])c(NCCOCC2CC2)c1. The number of aryl methyl sites for hydroxylation is 1. The van der Waals surface area contributed by atoms with Crippen LogP contribution in [0.1, 0.15) is 18.4 Å². The van der Waals surface area contributed by atoms with E-state index >= 15 is 0 Å². The largest absolute Gasteiger partial charge is 0.379 e. The topological polar surface area (TPSA) is 64.4 Å². The number of nitrogens with zero attached hydrogens (tertiary/aromatic N) is 1. The van der Waals surface area contributed by atoms with Crippen LogP contribution in [0.2, 0.25) is 0 Å². The van der Waals surface area contributed by atoms with Crippen molar-refractivity contribution >= 4 is 11.4 Å². The minimum Gasteiger partial charge on any atom is -0.379 e. The normalized spacial score (nSPS) is 14.5. The molecular weight excluding hydrogens is 232 g/mol. The molecule has 1 aromatic rings. The van der Waals surface area contributed by atoms with Crippen LogP contribution in [0.25, 0.3) is 0 Å². The van der Waals surface area contributed by atoms with Crippen LogP contribution in [0.4, 0.5) is 11.4 Å². The zero-order valence-corrected chi connectivity index (χ0v) is 10.5. The zero-order valence-electron chi connectivity index (χ0n) is 10.5. The first-order chi connectivity index (χ1) is 8.66. The van der Waals surface area contributed by atoms with Gasteiger partial charge in [0.1, 0.15) is 5.69 Å². The fraction of sp³-hybridized carbons (Fsp3) is 0.538. The van der Waals surface area contributed by atoms with Crippen molar-refractivity contribution in [1.29, 1.82) is 0 Å². The molecule has 0 aromatic heterocycles. The lowest BCUT2D eigenvalue weighted by Gasteiger charge is -2.08. The van der Waals surface area contributed by atoms with Gasteiger partial charge in [-0.25, -0.2) is 0 Å². The Kier molecular flexibility index (Phi) is 4.15. The Bertz CT molecular complexity index is 430. The van der Waals surface area contributed by atoms with E-state index in [0.29, 0.717) is 18.8 Å². The van der Waals surface area contributed by atoms with E-state index in [1.54, 1.807) is 12.1 Å². The fourth-order valence-electron chi connectivity index (χ4n) is 1.74. The number of anilines is 1. The van der Waals surface area contributed by atoms with Crippen molar-refractivity contribution in [2.45, 2.75) is 19.8 Å². The van der Waals surface area contributed by atoms with E-state index in [9.17, 15) is 10.1 Å². The second-order valence-corrected chi connectivity index (χ2v) is 4.72. The molecule has 0 heterocycles. The van der Waals surface area contributed by atoms with Crippen LogP contribution < -0.4 is 5.32 Å². The molecule has 1 saturated carbocycles. The Hall–Kier alpha value is -1.62. The maximum atomic E-state index is 10.9. The van der Waals surface area contributed by atoms with Gasteiger partial charge in [0.2, 0.25) is 0 Å². The van der Waals surface area contributed by atoms with Gasteiger partial charge in [0, 0.05) is 19.2 Å². The summed E-state index contributed by atoms with van der Waals surface area (Å²) in [6, 6.07) is 5.06. The van der Waals surface area contributed by atoms with Crippen molar-refractivity contribution in [2.24, 2.45) is 5.92 Å². The van der Waals surface area contributed by atoms with E-state index < -0.39 is 0 Å². The highest BCUT2D eigenvalue weighted by molar-refractivity contribution is 5.62. The summed E-state index contributed by atoms with van der Waals surface area (Å²) in [5.41, 5.74) is 1.68. The van der Waals surface area contributed by atoms with Gasteiger partial charge in [-0.3, -0.25) is 10.1 Å². The van der Waals surface area contributed by atoms with Crippen molar-refractivity contribution in [3.63, 3.8) is 0 Å². The second kappa shape index (κ2) is 5.82. The average molecular weight is 250 g/mol. The summed E-state index contributed by atoms with van der Waals surface area (Å²) >= 11 is 0. The summed E-state index contributed by atoms with van der Waals surface area (Å²) in [5.74, 6) is 0.748. The van der Waals surface area contributed by atoms with Gasteiger partial charge < -0.3 is 10.1 Å². The molecule has 1 aliphatic carbocycles. The maximum absolute atomic E-state index is 10.9. The molecule has 1 aromatic carbocycles. The predicted octanol–water partition coefficient (Wildman–Crippen LogP) is 2.74. The number of rotatable bonds is 7. The van der Waals surface area contributed by atoms with Crippen LogP contribution in [0.5, 0.6) is 0 Å². The molecular formula is C13H18N2O3. The van der Waals surface area contributed by atoms with Crippen LogP contribution in [-0.4, -0.2) is 24.7 Å². The molecule has 98 valence electrons. The number of nitro benzene ring substituents is 1. The molecule has 5 nitrogen and oxygen atoms in total.